The van der Waals surface area contributed by atoms with Crippen LogP contribution in [0.15, 0.2) is 34.6 Å². The normalized spacial score (nSPS) is 21.1. The summed E-state index contributed by atoms with van der Waals surface area (Å²) in [6.07, 6.45) is 7.15. The number of hydrogen-bond acceptors (Lipinski definition) is 3. The van der Waals surface area contributed by atoms with Crippen LogP contribution in [0.2, 0.25) is 0 Å². The van der Waals surface area contributed by atoms with E-state index < -0.39 is 0 Å². The van der Waals surface area contributed by atoms with Crippen LogP contribution in [-0.2, 0) is 16.1 Å². The van der Waals surface area contributed by atoms with Gasteiger partial charge in [0.05, 0.1) is 0 Å². The fourth-order valence-electron chi connectivity index (χ4n) is 4.49. The number of hydrogen-bond donors (Lipinski definition) is 0. The number of likely N-dealkylation sites (N-methyl/N-ethyl adjacent to an activating group) is 2. The van der Waals surface area contributed by atoms with E-state index in [1.54, 1.807) is 9.80 Å². The quantitative estimate of drug-likeness (QED) is 0.463. The molecule has 0 unspecified atom stereocenters. The molecule has 4 rings (SSSR count). The second kappa shape index (κ2) is 8.74. The van der Waals surface area contributed by atoms with Crippen molar-refractivity contribution in [3.05, 3.63) is 40.1 Å². The van der Waals surface area contributed by atoms with Crippen molar-refractivity contribution in [3.63, 3.8) is 0 Å². The number of carbonyl (C=O) groups is 2. The number of thiocarbonyl (C=S) groups is 1. The zero-order chi connectivity index (χ0) is 22.3. The number of carbonyl (C=O) groups excluding carboxylic acids is 2. The Morgan fingerprint density at radius 3 is 2.77 bits per heavy atom. The predicted octanol–water partition coefficient (Wildman–Crippen LogP) is 4.22. The van der Waals surface area contributed by atoms with Gasteiger partial charge in [-0.3, -0.25) is 14.5 Å². The molecule has 2 fully saturated rings. The van der Waals surface area contributed by atoms with Crippen molar-refractivity contribution in [3.8, 4) is 0 Å². The fourth-order valence-corrected chi connectivity index (χ4v) is 5.16. The third-order valence-corrected chi connectivity index (χ3v) is 7.24. The Labute approximate surface area is 196 Å². The van der Waals surface area contributed by atoms with Gasteiger partial charge in [0.25, 0.3) is 5.91 Å². The van der Waals surface area contributed by atoms with E-state index >= 15 is 0 Å². The molecule has 0 radical (unpaired) electrons. The SMILES string of the molecule is CCN1C(=O)/C(=C/c2cn(CC(=O)N3CCCC[C@H]3C)c3ccc(Br)cc23)N(C)C1=S. The minimum absolute atomic E-state index is 0.0934. The first kappa shape index (κ1) is 22.0. The molecule has 0 bridgehead atoms. The van der Waals surface area contributed by atoms with Gasteiger partial charge >= 0.3 is 0 Å². The molecule has 2 saturated heterocycles. The topological polar surface area (TPSA) is 48.8 Å². The Bertz CT molecular complexity index is 1090. The van der Waals surface area contributed by atoms with Crippen LogP contribution in [0, 0.1) is 0 Å². The highest BCUT2D eigenvalue weighted by molar-refractivity contribution is 9.10. The maximum atomic E-state index is 13.1. The molecule has 31 heavy (non-hydrogen) atoms. The molecular weight excluding hydrogens is 476 g/mol. The number of likely N-dealkylation sites (tertiary alicyclic amines) is 1. The first-order valence-electron chi connectivity index (χ1n) is 10.7. The largest absolute Gasteiger partial charge is 0.338 e. The molecule has 164 valence electrons. The molecule has 1 aromatic carbocycles. The lowest BCUT2D eigenvalue weighted by molar-refractivity contribution is -0.135. The van der Waals surface area contributed by atoms with Gasteiger partial charge in [0, 0.05) is 53.3 Å². The number of amides is 2. The minimum Gasteiger partial charge on any atom is -0.338 e. The predicted molar refractivity (Wildman–Crippen MR) is 130 cm³/mol. The van der Waals surface area contributed by atoms with Gasteiger partial charge in [0.1, 0.15) is 12.2 Å². The van der Waals surface area contributed by atoms with Crippen LogP contribution in [0.3, 0.4) is 0 Å². The average Bonchev–Trinajstić information content (AvgIpc) is 3.17. The van der Waals surface area contributed by atoms with Gasteiger partial charge in [-0.2, -0.15) is 0 Å². The van der Waals surface area contributed by atoms with Crippen molar-refractivity contribution in [2.75, 3.05) is 20.1 Å². The van der Waals surface area contributed by atoms with Gasteiger partial charge < -0.3 is 14.4 Å². The summed E-state index contributed by atoms with van der Waals surface area (Å²) in [4.78, 5) is 31.3. The van der Waals surface area contributed by atoms with Crippen molar-refractivity contribution in [1.82, 2.24) is 19.3 Å². The third-order valence-electron chi connectivity index (χ3n) is 6.25. The number of halogens is 1. The van der Waals surface area contributed by atoms with Crippen molar-refractivity contribution < 1.29 is 9.59 Å². The molecule has 1 atom stereocenters. The third kappa shape index (κ3) is 4.03. The summed E-state index contributed by atoms with van der Waals surface area (Å²) in [5.41, 5.74) is 2.41. The lowest BCUT2D eigenvalue weighted by Crippen LogP contribution is -2.43. The van der Waals surface area contributed by atoms with Gasteiger partial charge in [-0.1, -0.05) is 15.9 Å². The summed E-state index contributed by atoms with van der Waals surface area (Å²) in [5.74, 6) is 0.0442. The molecule has 0 saturated carbocycles. The van der Waals surface area contributed by atoms with E-state index in [1.807, 2.05) is 53.9 Å². The molecule has 8 heteroatoms. The van der Waals surface area contributed by atoms with Crippen molar-refractivity contribution in [2.24, 2.45) is 0 Å². The van der Waals surface area contributed by atoms with E-state index in [4.69, 9.17) is 12.2 Å². The molecule has 2 aliphatic heterocycles. The van der Waals surface area contributed by atoms with E-state index in [9.17, 15) is 9.59 Å². The Morgan fingerprint density at radius 2 is 2.10 bits per heavy atom. The molecule has 2 aromatic rings. The van der Waals surface area contributed by atoms with Gasteiger partial charge in [0.15, 0.2) is 5.11 Å². The molecule has 1 aromatic heterocycles. The maximum absolute atomic E-state index is 13.1. The van der Waals surface area contributed by atoms with E-state index in [0.29, 0.717) is 17.4 Å². The Balaban J connectivity index is 1.72. The summed E-state index contributed by atoms with van der Waals surface area (Å²) in [7, 11) is 1.82. The monoisotopic (exact) mass is 502 g/mol. The lowest BCUT2D eigenvalue weighted by atomic mass is 10.0. The molecule has 2 aliphatic rings. The number of piperidine rings is 1. The summed E-state index contributed by atoms with van der Waals surface area (Å²) in [6.45, 7) is 5.69. The maximum Gasteiger partial charge on any atom is 0.276 e. The Hall–Kier alpha value is -2.19. The Morgan fingerprint density at radius 1 is 1.32 bits per heavy atom. The summed E-state index contributed by atoms with van der Waals surface area (Å²) < 4.78 is 2.94. The van der Waals surface area contributed by atoms with E-state index in [1.165, 1.54) is 6.42 Å². The molecule has 0 N–H and O–H groups in total. The highest BCUT2D eigenvalue weighted by Gasteiger charge is 2.34. The van der Waals surface area contributed by atoms with Gasteiger partial charge in [-0.15, -0.1) is 0 Å². The number of aromatic nitrogens is 1. The summed E-state index contributed by atoms with van der Waals surface area (Å²) >= 11 is 8.97. The van der Waals surface area contributed by atoms with E-state index in [2.05, 4.69) is 22.9 Å². The molecule has 0 spiro atoms. The average molecular weight is 503 g/mol. The van der Waals surface area contributed by atoms with Crippen LogP contribution < -0.4 is 0 Å². The zero-order valence-electron chi connectivity index (χ0n) is 18.1. The van der Waals surface area contributed by atoms with Gasteiger partial charge in [-0.05, 0) is 69.6 Å². The summed E-state index contributed by atoms with van der Waals surface area (Å²) in [6, 6.07) is 6.30. The minimum atomic E-state index is -0.0934. The number of nitrogens with zero attached hydrogens (tertiary/aromatic N) is 4. The standard InChI is InChI=1S/C23H27BrN4O2S/c1-4-27-22(30)20(25(3)23(27)31)11-16-13-26(19-9-8-17(24)12-18(16)19)14-21(29)28-10-6-5-7-15(28)2/h8-9,11-13,15H,4-7,10,14H2,1-3H3/b20-11-/t15-/m1/s1. The zero-order valence-corrected chi connectivity index (χ0v) is 20.5. The van der Waals surface area contributed by atoms with Crippen molar-refractivity contribution >= 4 is 62.1 Å². The highest BCUT2D eigenvalue weighted by Crippen LogP contribution is 2.30. The number of rotatable bonds is 4. The highest BCUT2D eigenvalue weighted by atomic mass is 79.9. The molecule has 2 amide bonds. The van der Waals surface area contributed by atoms with Crippen LogP contribution in [0.25, 0.3) is 17.0 Å². The van der Waals surface area contributed by atoms with Crippen LogP contribution in [0.5, 0.6) is 0 Å². The van der Waals surface area contributed by atoms with Crippen LogP contribution in [0.4, 0.5) is 0 Å². The van der Waals surface area contributed by atoms with E-state index in [-0.39, 0.29) is 24.4 Å². The first-order valence-corrected chi connectivity index (χ1v) is 11.9. The lowest BCUT2D eigenvalue weighted by Gasteiger charge is -2.33. The molecular formula is C23H27BrN4O2S. The molecule has 0 aliphatic carbocycles. The van der Waals surface area contributed by atoms with Crippen molar-refractivity contribution in [1.29, 1.82) is 0 Å². The fraction of sp³-hybridized carbons (Fsp3) is 0.435. The summed E-state index contributed by atoms with van der Waals surface area (Å²) in [5, 5.41) is 1.50. The van der Waals surface area contributed by atoms with E-state index in [0.717, 1.165) is 40.3 Å². The molecule has 6 nitrogen and oxygen atoms in total. The second-order valence-electron chi connectivity index (χ2n) is 8.23. The van der Waals surface area contributed by atoms with Crippen LogP contribution in [-0.4, -0.2) is 62.4 Å². The van der Waals surface area contributed by atoms with Crippen LogP contribution in [0.1, 0.15) is 38.7 Å². The van der Waals surface area contributed by atoms with Gasteiger partial charge in [0.2, 0.25) is 5.91 Å². The van der Waals surface area contributed by atoms with Crippen molar-refractivity contribution in [2.45, 2.75) is 45.7 Å². The Kier molecular flexibility index (Phi) is 6.21. The first-order chi connectivity index (χ1) is 14.8. The molecule has 3 heterocycles. The smallest absolute Gasteiger partial charge is 0.276 e. The number of fused-ring (bicyclic) bond motifs is 1. The number of benzene rings is 1. The second-order valence-corrected chi connectivity index (χ2v) is 9.51. The van der Waals surface area contributed by atoms with Gasteiger partial charge in [-0.25, -0.2) is 0 Å². The van der Waals surface area contributed by atoms with Crippen LogP contribution >= 0.6 is 28.1 Å².